The molecule has 0 aliphatic carbocycles. The SMILES string of the molecule is N#Cc1ccc(-c2ccc(-n3c4ccccc4c4c5oc6c(ccc7c6c6ccccc6n7-c6ccc(C#N)c(C#N)c6)c5ccc43)cc2)cc1C#N. The van der Waals surface area contributed by atoms with Gasteiger partial charge >= 0.3 is 0 Å². The molecule has 3 aromatic heterocycles. The van der Waals surface area contributed by atoms with Crippen molar-refractivity contribution >= 4 is 65.6 Å². The van der Waals surface area contributed by atoms with Gasteiger partial charge in [-0.25, -0.2) is 0 Å². The second kappa shape index (κ2) is 11.2. The molecule has 0 atom stereocenters. The minimum absolute atomic E-state index is 0.330. The highest BCUT2D eigenvalue weighted by molar-refractivity contribution is 6.29. The van der Waals surface area contributed by atoms with E-state index in [0.717, 1.165) is 88.1 Å². The number of hydrogen-bond donors (Lipinski definition) is 0. The van der Waals surface area contributed by atoms with E-state index in [2.05, 4.69) is 94.1 Å². The van der Waals surface area contributed by atoms with Crippen LogP contribution >= 0.6 is 0 Å². The molecule has 7 heteroatoms. The molecule has 0 amide bonds. The summed E-state index contributed by atoms with van der Waals surface area (Å²) in [7, 11) is 0. The van der Waals surface area contributed by atoms with Gasteiger partial charge in [-0.2, -0.15) is 21.0 Å². The number of benzene rings is 7. The first-order chi connectivity index (χ1) is 26.1. The minimum Gasteiger partial charge on any atom is -0.455 e. The molecule has 0 fully saturated rings. The first kappa shape index (κ1) is 29.8. The standard InChI is InChI=1S/C46H22N6O/c47-23-29-10-9-28(21-31(29)25-49)27-11-14-33(15-12-27)51-39-7-3-1-5-37(39)43-41(51)19-17-35-36-18-20-42-44(46(36)53-45(35)43)38-6-2-4-8-40(38)52(42)34-16-13-30(24-48)32(22-34)26-50/h1-22H. The molecule has 0 N–H and O–H groups in total. The van der Waals surface area contributed by atoms with Gasteiger partial charge in [0.2, 0.25) is 0 Å². The van der Waals surface area contributed by atoms with Crippen molar-refractivity contribution in [1.29, 1.82) is 21.0 Å². The van der Waals surface area contributed by atoms with Gasteiger partial charge in [0, 0.05) is 32.9 Å². The normalized spacial score (nSPS) is 11.3. The number of fused-ring (bicyclic) bond motifs is 11. The first-order valence-electron chi connectivity index (χ1n) is 16.9. The zero-order chi connectivity index (χ0) is 35.8. The van der Waals surface area contributed by atoms with E-state index < -0.39 is 0 Å². The molecule has 0 saturated heterocycles. The van der Waals surface area contributed by atoms with Gasteiger partial charge in [0.05, 0.1) is 55.1 Å². The maximum Gasteiger partial charge on any atom is 0.145 e. The number of rotatable bonds is 3. The van der Waals surface area contributed by atoms with Crippen LogP contribution in [0.5, 0.6) is 0 Å². The lowest BCUT2D eigenvalue weighted by Crippen LogP contribution is -1.96. The topological polar surface area (TPSA) is 118 Å². The van der Waals surface area contributed by atoms with E-state index in [9.17, 15) is 21.0 Å². The molecule has 7 aromatic carbocycles. The highest BCUT2D eigenvalue weighted by Crippen LogP contribution is 2.45. The van der Waals surface area contributed by atoms with E-state index in [1.54, 1.807) is 24.3 Å². The summed E-state index contributed by atoms with van der Waals surface area (Å²) in [6, 6.07) is 52.5. The van der Waals surface area contributed by atoms with Crippen molar-refractivity contribution in [1.82, 2.24) is 9.13 Å². The number of furan rings is 1. The summed E-state index contributed by atoms with van der Waals surface area (Å²) < 4.78 is 11.4. The molecular formula is C46H22N6O. The highest BCUT2D eigenvalue weighted by Gasteiger charge is 2.22. The maximum absolute atomic E-state index is 9.80. The average molecular weight is 675 g/mol. The highest BCUT2D eigenvalue weighted by atomic mass is 16.3. The second-order valence-corrected chi connectivity index (χ2v) is 13.0. The molecule has 0 aliphatic rings. The van der Waals surface area contributed by atoms with E-state index >= 15 is 0 Å². The third kappa shape index (κ3) is 4.17. The maximum atomic E-state index is 9.80. The van der Waals surface area contributed by atoms with Crippen LogP contribution in [0.4, 0.5) is 0 Å². The van der Waals surface area contributed by atoms with Crippen molar-refractivity contribution in [3.63, 3.8) is 0 Å². The van der Waals surface area contributed by atoms with E-state index in [1.165, 1.54) is 0 Å². The van der Waals surface area contributed by atoms with Crippen molar-refractivity contribution < 1.29 is 4.42 Å². The van der Waals surface area contributed by atoms with Crippen molar-refractivity contribution in [2.45, 2.75) is 0 Å². The molecular weight excluding hydrogens is 653 g/mol. The fourth-order valence-corrected chi connectivity index (χ4v) is 7.93. The number of nitrogens with zero attached hydrogens (tertiary/aromatic N) is 6. The van der Waals surface area contributed by atoms with Gasteiger partial charge in [0.25, 0.3) is 0 Å². The fourth-order valence-electron chi connectivity index (χ4n) is 7.93. The van der Waals surface area contributed by atoms with Gasteiger partial charge in [0.15, 0.2) is 0 Å². The van der Waals surface area contributed by atoms with E-state index in [0.29, 0.717) is 22.3 Å². The van der Waals surface area contributed by atoms with Crippen LogP contribution in [0.1, 0.15) is 22.3 Å². The fraction of sp³-hybridized carbons (Fsp3) is 0. The van der Waals surface area contributed by atoms with Crippen LogP contribution in [0.25, 0.3) is 88.1 Å². The molecule has 0 unspecified atom stereocenters. The Morgan fingerprint density at radius 2 is 0.849 bits per heavy atom. The molecule has 7 nitrogen and oxygen atoms in total. The van der Waals surface area contributed by atoms with Crippen LogP contribution in [0.3, 0.4) is 0 Å². The molecule has 10 rings (SSSR count). The third-order valence-corrected chi connectivity index (χ3v) is 10.3. The Morgan fingerprint density at radius 3 is 1.42 bits per heavy atom. The van der Waals surface area contributed by atoms with Crippen molar-refractivity contribution in [3.05, 3.63) is 156 Å². The summed E-state index contributed by atoms with van der Waals surface area (Å²) >= 11 is 0. The minimum atomic E-state index is 0.330. The Kier molecular flexibility index (Phi) is 6.30. The molecule has 53 heavy (non-hydrogen) atoms. The second-order valence-electron chi connectivity index (χ2n) is 13.0. The number of para-hydroxylation sites is 2. The molecule has 3 heterocycles. The summed E-state index contributed by atoms with van der Waals surface area (Å²) in [4.78, 5) is 0. The van der Waals surface area contributed by atoms with Gasteiger partial charge in [0.1, 0.15) is 35.4 Å². The Morgan fingerprint density at radius 1 is 0.377 bits per heavy atom. The van der Waals surface area contributed by atoms with Crippen molar-refractivity contribution in [2.24, 2.45) is 0 Å². The zero-order valence-electron chi connectivity index (χ0n) is 27.8. The molecule has 0 bridgehead atoms. The first-order valence-corrected chi connectivity index (χ1v) is 16.9. The Bertz CT molecular complexity index is 3390. The number of hydrogen-bond acceptors (Lipinski definition) is 5. The van der Waals surface area contributed by atoms with E-state index in [1.807, 2.05) is 48.5 Å². The Hall–Kier alpha value is -8.10. The number of nitriles is 4. The lowest BCUT2D eigenvalue weighted by Gasteiger charge is -2.10. The summed E-state index contributed by atoms with van der Waals surface area (Å²) in [5, 5.41) is 44.4. The van der Waals surface area contributed by atoms with E-state index in [4.69, 9.17) is 4.42 Å². The molecule has 10 aromatic rings. The number of aromatic nitrogens is 2. The summed E-state index contributed by atoms with van der Waals surface area (Å²) in [6.07, 6.45) is 0. The third-order valence-electron chi connectivity index (χ3n) is 10.3. The quantitative estimate of drug-likeness (QED) is 0.185. The van der Waals surface area contributed by atoms with Crippen LogP contribution in [0.15, 0.2) is 138 Å². The summed E-state index contributed by atoms with van der Waals surface area (Å²) in [5.74, 6) is 0. The Balaban J connectivity index is 1.21. The largest absolute Gasteiger partial charge is 0.455 e. The van der Waals surface area contributed by atoms with Crippen LogP contribution in [0.2, 0.25) is 0 Å². The van der Waals surface area contributed by atoms with E-state index in [-0.39, 0.29) is 0 Å². The lowest BCUT2D eigenvalue weighted by atomic mass is 10.00. The summed E-state index contributed by atoms with van der Waals surface area (Å²) in [5.41, 5.74) is 10.5. The molecule has 0 spiro atoms. The van der Waals surface area contributed by atoms with Gasteiger partial charge in [-0.1, -0.05) is 54.6 Å². The lowest BCUT2D eigenvalue weighted by molar-refractivity contribution is 0.677. The van der Waals surface area contributed by atoms with Crippen molar-refractivity contribution in [2.75, 3.05) is 0 Å². The van der Waals surface area contributed by atoms with Gasteiger partial charge < -0.3 is 13.6 Å². The predicted octanol–water partition coefficient (Wildman–Crippen LogP) is 10.9. The predicted molar refractivity (Wildman–Crippen MR) is 207 cm³/mol. The Labute approximate surface area is 301 Å². The molecule has 0 saturated carbocycles. The smallest absolute Gasteiger partial charge is 0.145 e. The van der Waals surface area contributed by atoms with Crippen LogP contribution in [0, 0.1) is 45.3 Å². The van der Waals surface area contributed by atoms with Crippen LogP contribution < -0.4 is 0 Å². The van der Waals surface area contributed by atoms with Crippen LogP contribution in [-0.2, 0) is 0 Å². The average Bonchev–Trinajstić information content (AvgIpc) is 3.88. The molecule has 0 radical (unpaired) electrons. The molecule has 242 valence electrons. The van der Waals surface area contributed by atoms with Crippen molar-refractivity contribution in [3.8, 4) is 46.8 Å². The monoisotopic (exact) mass is 674 g/mol. The zero-order valence-corrected chi connectivity index (χ0v) is 27.8. The summed E-state index contributed by atoms with van der Waals surface area (Å²) in [6.45, 7) is 0. The van der Waals surface area contributed by atoms with Crippen LogP contribution in [-0.4, -0.2) is 9.13 Å². The molecule has 0 aliphatic heterocycles. The van der Waals surface area contributed by atoms with Gasteiger partial charge in [-0.05, 0) is 90.0 Å². The van der Waals surface area contributed by atoms with Gasteiger partial charge in [-0.3, -0.25) is 0 Å². The van der Waals surface area contributed by atoms with Gasteiger partial charge in [-0.15, -0.1) is 0 Å².